The van der Waals surface area contributed by atoms with Crippen LogP contribution in [0.4, 0.5) is 0 Å². The summed E-state index contributed by atoms with van der Waals surface area (Å²) >= 11 is 0. The van der Waals surface area contributed by atoms with E-state index in [1.807, 2.05) is 0 Å². The van der Waals surface area contributed by atoms with Crippen LogP contribution in [-0.4, -0.2) is 19.1 Å². The highest BCUT2D eigenvalue weighted by Crippen LogP contribution is 2.54. The molecule has 0 aromatic carbocycles. The highest BCUT2D eigenvalue weighted by Gasteiger charge is 2.45. The zero-order valence-electron chi connectivity index (χ0n) is 8.63. The fraction of sp³-hybridized carbons (Fsp3) is 1.00. The Hall–Kier alpha value is -0.0800. The van der Waals surface area contributed by atoms with Crippen LogP contribution in [0.5, 0.6) is 0 Å². The van der Waals surface area contributed by atoms with Crippen LogP contribution in [-0.2, 0) is 0 Å². The van der Waals surface area contributed by atoms with Gasteiger partial charge in [-0.1, -0.05) is 0 Å². The Morgan fingerprint density at radius 2 is 2.00 bits per heavy atom. The Morgan fingerprint density at radius 3 is 2.62 bits per heavy atom. The van der Waals surface area contributed by atoms with Crippen molar-refractivity contribution in [3.8, 4) is 0 Å². The van der Waals surface area contributed by atoms with Crippen LogP contribution in [0, 0.1) is 17.8 Å². The van der Waals surface area contributed by atoms with Gasteiger partial charge in [0.05, 0.1) is 0 Å². The molecule has 2 nitrogen and oxygen atoms in total. The first-order valence-corrected chi connectivity index (χ1v) is 5.73. The van der Waals surface area contributed by atoms with Gasteiger partial charge in [0.15, 0.2) is 0 Å². The molecule has 2 aliphatic carbocycles. The topological polar surface area (TPSA) is 38.0 Å². The van der Waals surface area contributed by atoms with Gasteiger partial charge in [-0.05, 0) is 63.5 Å². The third-order valence-corrected chi connectivity index (χ3v) is 3.70. The number of nitrogens with two attached hydrogens (primary N) is 1. The molecule has 0 aromatic heterocycles. The van der Waals surface area contributed by atoms with Crippen molar-refractivity contribution in [2.24, 2.45) is 23.5 Å². The van der Waals surface area contributed by atoms with Gasteiger partial charge in [0.25, 0.3) is 0 Å². The van der Waals surface area contributed by atoms with Crippen molar-refractivity contribution in [3.05, 3.63) is 0 Å². The summed E-state index contributed by atoms with van der Waals surface area (Å²) in [5.74, 6) is 3.22. The summed E-state index contributed by atoms with van der Waals surface area (Å²) in [4.78, 5) is 0. The van der Waals surface area contributed by atoms with Crippen molar-refractivity contribution in [1.82, 2.24) is 5.32 Å². The lowest BCUT2D eigenvalue weighted by atomic mass is 10.0. The summed E-state index contributed by atoms with van der Waals surface area (Å²) in [5.41, 5.74) is 5.50. The Bertz CT molecular complexity index is 159. The molecule has 2 aliphatic rings. The lowest BCUT2D eigenvalue weighted by molar-refractivity contribution is 0.408. The van der Waals surface area contributed by atoms with Gasteiger partial charge >= 0.3 is 0 Å². The molecule has 0 bridgehead atoms. The number of hydrogen-bond acceptors (Lipinski definition) is 2. The van der Waals surface area contributed by atoms with Gasteiger partial charge in [-0.15, -0.1) is 0 Å². The van der Waals surface area contributed by atoms with E-state index in [2.05, 4.69) is 12.2 Å². The van der Waals surface area contributed by atoms with Gasteiger partial charge in [0, 0.05) is 6.04 Å². The van der Waals surface area contributed by atoms with Gasteiger partial charge in [-0.25, -0.2) is 0 Å². The number of hydrogen-bond donors (Lipinski definition) is 2. The average molecular weight is 182 g/mol. The van der Waals surface area contributed by atoms with Crippen LogP contribution in [0.15, 0.2) is 0 Å². The van der Waals surface area contributed by atoms with Gasteiger partial charge in [0.2, 0.25) is 0 Å². The summed E-state index contributed by atoms with van der Waals surface area (Å²) in [6, 6.07) is 0.613. The minimum Gasteiger partial charge on any atom is -0.330 e. The molecule has 0 aromatic rings. The molecule has 0 radical (unpaired) electrons. The monoisotopic (exact) mass is 182 g/mol. The van der Waals surface area contributed by atoms with Crippen LogP contribution >= 0.6 is 0 Å². The first kappa shape index (κ1) is 9.47. The summed E-state index contributed by atoms with van der Waals surface area (Å²) < 4.78 is 0. The maximum Gasteiger partial charge on any atom is 0.00508 e. The summed E-state index contributed by atoms with van der Waals surface area (Å²) in [7, 11) is 0. The minimum atomic E-state index is 0.613. The minimum absolute atomic E-state index is 0.613. The maximum absolute atomic E-state index is 5.50. The molecule has 0 amide bonds. The molecular weight excluding hydrogens is 160 g/mol. The summed E-state index contributed by atoms with van der Waals surface area (Å²) in [6.45, 7) is 4.28. The quantitative estimate of drug-likeness (QED) is 0.674. The molecule has 3 unspecified atom stereocenters. The molecule has 0 heterocycles. The van der Waals surface area contributed by atoms with E-state index in [-0.39, 0.29) is 0 Å². The first-order chi connectivity index (χ1) is 6.29. The fourth-order valence-electron chi connectivity index (χ4n) is 2.73. The third kappa shape index (κ3) is 2.44. The number of nitrogens with one attached hydrogen (secondary N) is 1. The van der Waals surface area contributed by atoms with Crippen molar-refractivity contribution in [2.45, 2.75) is 38.6 Å². The van der Waals surface area contributed by atoms with Crippen LogP contribution in [0.3, 0.4) is 0 Å². The van der Waals surface area contributed by atoms with Crippen molar-refractivity contribution in [2.75, 3.05) is 13.1 Å². The molecule has 2 heteroatoms. The molecule has 76 valence electrons. The molecule has 0 saturated heterocycles. The second kappa shape index (κ2) is 3.97. The average Bonchev–Trinajstić information content (AvgIpc) is 2.72. The van der Waals surface area contributed by atoms with E-state index in [1.165, 1.54) is 25.8 Å². The Kier molecular flexibility index (Phi) is 2.89. The molecule has 3 N–H and O–H groups in total. The van der Waals surface area contributed by atoms with E-state index in [4.69, 9.17) is 5.73 Å². The van der Waals surface area contributed by atoms with E-state index in [1.54, 1.807) is 0 Å². The van der Waals surface area contributed by atoms with Gasteiger partial charge in [0.1, 0.15) is 0 Å². The van der Waals surface area contributed by atoms with Crippen LogP contribution in [0.25, 0.3) is 0 Å². The Labute approximate surface area is 81.3 Å². The van der Waals surface area contributed by atoms with E-state index >= 15 is 0 Å². The van der Waals surface area contributed by atoms with Crippen molar-refractivity contribution in [3.63, 3.8) is 0 Å². The van der Waals surface area contributed by atoms with E-state index in [9.17, 15) is 0 Å². The third-order valence-electron chi connectivity index (χ3n) is 3.70. The van der Waals surface area contributed by atoms with Crippen LogP contribution in [0.1, 0.15) is 32.6 Å². The second-order valence-corrected chi connectivity index (χ2v) is 4.98. The van der Waals surface area contributed by atoms with Gasteiger partial charge in [-0.3, -0.25) is 0 Å². The normalized spacial score (nSPS) is 38.8. The highest BCUT2D eigenvalue weighted by atomic mass is 14.9. The fourth-order valence-corrected chi connectivity index (χ4v) is 2.73. The van der Waals surface area contributed by atoms with Crippen molar-refractivity contribution < 1.29 is 0 Å². The highest BCUT2D eigenvalue weighted by molar-refractivity contribution is 4.96. The van der Waals surface area contributed by atoms with Gasteiger partial charge < -0.3 is 11.1 Å². The van der Waals surface area contributed by atoms with Crippen molar-refractivity contribution in [1.29, 1.82) is 0 Å². The van der Waals surface area contributed by atoms with E-state index in [0.717, 1.165) is 30.7 Å². The SMILES string of the molecule is CC(CCN)NCC1CC2CC2C1. The molecule has 2 rings (SSSR count). The number of fused-ring (bicyclic) bond motifs is 1. The van der Waals surface area contributed by atoms with Crippen molar-refractivity contribution >= 4 is 0 Å². The molecule has 2 fully saturated rings. The zero-order valence-corrected chi connectivity index (χ0v) is 8.63. The molecular formula is C11H22N2. The van der Waals surface area contributed by atoms with E-state index < -0.39 is 0 Å². The molecule has 3 atom stereocenters. The molecule has 0 spiro atoms. The zero-order chi connectivity index (χ0) is 9.26. The smallest absolute Gasteiger partial charge is 0.00508 e. The van der Waals surface area contributed by atoms with E-state index in [0.29, 0.717) is 6.04 Å². The Balaban J connectivity index is 1.57. The number of rotatable bonds is 5. The lowest BCUT2D eigenvalue weighted by Gasteiger charge is -2.17. The predicted octanol–water partition coefficient (Wildman–Crippen LogP) is 1.36. The lowest BCUT2D eigenvalue weighted by Crippen LogP contribution is -2.32. The predicted molar refractivity (Wildman–Crippen MR) is 55.5 cm³/mol. The molecule has 2 saturated carbocycles. The Morgan fingerprint density at radius 1 is 1.31 bits per heavy atom. The maximum atomic E-state index is 5.50. The summed E-state index contributed by atoms with van der Waals surface area (Å²) in [5, 5.41) is 3.59. The summed E-state index contributed by atoms with van der Waals surface area (Å²) in [6.07, 6.45) is 5.63. The molecule has 13 heavy (non-hydrogen) atoms. The standard InChI is InChI=1S/C11H22N2/c1-8(2-3-12)13-7-9-4-10-6-11(10)5-9/h8-11,13H,2-7,12H2,1H3. The van der Waals surface area contributed by atoms with Gasteiger partial charge in [-0.2, -0.15) is 0 Å². The van der Waals surface area contributed by atoms with Crippen LogP contribution < -0.4 is 11.1 Å². The van der Waals surface area contributed by atoms with Crippen LogP contribution in [0.2, 0.25) is 0 Å². The largest absolute Gasteiger partial charge is 0.330 e. The second-order valence-electron chi connectivity index (χ2n) is 4.98. The first-order valence-electron chi connectivity index (χ1n) is 5.73. The molecule has 0 aliphatic heterocycles.